The van der Waals surface area contributed by atoms with Crippen LogP contribution in [0.25, 0.3) is 0 Å². The Morgan fingerprint density at radius 1 is 1.00 bits per heavy atom. The van der Waals surface area contributed by atoms with Crippen LogP contribution in [0.2, 0.25) is 5.02 Å². The molecule has 0 bridgehead atoms. The van der Waals surface area contributed by atoms with Crippen LogP contribution in [0.3, 0.4) is 0 Å². The number of aliphatic hydroxyl groups is 1. The normalized spacial score (nSPS) is 13.3. The molecule has 0 aliphatic carbocycles. The number of hydrogen-bond acceptors (Lipinski definition) is 1. The minimum absolute atomic E-state index is 0.382. The van der Waals surface area contributed by atoms with Crippen molar-refractivity contribution in [1.82, 2.24) is 0 Å². The molecule has 20 heavy (non-hydrogen) atoms. The third-order valence-electron chi connectivity index (χ3n) is 2.81. The predicted molar refractivity (Wildman–Crippen MR) is 74.7 cm³/mol. The lowest BCUT2D eigenvalue weighted by Crippen LogP contribution is -2.06. The monoisotopic (exact) mass is 364 g/mol. The molecule has 106 valence electrons. The van der Waals surface area contributed by atoms with Gasteiger partial charge in [-0.05, 0) is 51.3 Å². The maximum absolute atomic E-state index is 12.5. The Labute approximate surface area is 127 Å². The van der Waals surface area contributed by atoms with Gasteiger partial charge in [0.05, 0.1) is 10.6 Å². The maximum Gasteiger partial charge on any atom is 0.416 e. The second-order valence-corrected chi connectivity index (χ2v) is 5.46. The van der Waals surface area contributed by atoms with Gasteiger partial charge in [-0.15, -0.1) is 0 Å². The second-order valence-electron chi connectivity index (χ2n) is 4.20. The minimum atomic E-state index is -4.38. The summed E-state index contributed by atoms with van der Waals surface area (Å²) in [5.74, 6) is 0. The Balaban J connectivity index is 2.29. The Kier molecular flexibility index (Phi) is 4.42. The van der Waals surface area contributed by atoms with Gasteiger partial charge in [0.1, 0.15) is 6.10 Å². The predicted octanol–water partition coefficient (Wildman–Crippen LogP) is 5.20. The molecular formula is C14H9BrClF3O. The van der Waals surface area contributed by atoms with E-state index in [1.165, 1.54) is 12.1 Å². The first-order valence-corrected chi connectivity index (χ1v) is 6.76. The van der Waals surface area contributed by atoms with E-state index in [0.29, 0.717) is 20.6 Å². The van der Waals surface area contributed by atoms with Gasteiger partial charge in [-0.25, -0.2) is 0 Å². The molecule has 0 radical (unpaired) electrons. The number of benzene rings is 2. The zero-order chi connectivity index (χ0) is 14.9. The first-order chi connectivity index (χ1) is 9.29. The van der Waals surface area contributed by atoms with Crippen LogP contribution in [-0.4, -0.2) is 5.11 Å². The molecule has 1 atom stereocenters. The van der Waals surface area contributed by atoms with E-state index in [-0.39, 0.29) is 0 Å². The highest BCUT2D eigenvalue weighted by atomic mass is 79.9. The highest BCUT2D eigenvalue weighted by molar-refractivity contribution is 9.10. The van der Waals surface area contributed by atoms with Crippen molar-refractivity contribution in [2.24, 2.45) is 0 Å². The first-order valence-electron chi connectivity index (χ1n) is 5.59. The molecule has 0 saturated heterocycles. The van der Waals surface area contributed by atoms with Crippen LogP contribution < -0.4 is 0 Å². The van der Waals surface area contributed by atoms with Crippen LogP contribution in [0.4, 0.5) is 13.2 Å². The average Bonchev–Trinajstić information content (AvgIpc) is 2.40. The van der Waals surface area contributed by atoms with Crippen molar-refractivity contribution in [3.8, 4) is 0 Å². The highest BCUT2D eigenvalue weighted by Crippen LogP contribution is 2.32. The quantitative estimate of drug-likeness (QED) is 0.775. The van der Waals surface area contributed by atoms with Crippen molar-refractivity contribution in [2.45, 2.75) is 12.3 Å². The van der Waals surface area contributed by atoms with Gasteiger partial charge in [-0.3, -0.25) is 0 Å². The number of hydrogen-bond donors (Lipinski definition) is 1. The molecule has 0 amide bonds. The molecule has 6 heteroatoms. The molecule has 1 nitrogen and oxygen atoms in total. The van der Waals surface area contributed by atoms with Gasteiger partial charge in [-0.1, -0.05) is 29.8 Å². The van der Waals surface area contributed by atoms with Gasteiger partial charge in [0.15, 0.2) is 0 Å². The lowest BCUT2D eigenvalue weighted by Gasteiger charge is -2.14. The third kappa shape index (κ3) is 3.34. The summed E-state index contributed by atoms with van der Waals surface area (Å²) >= 11 is 9.08. The van der Waals surface area contributed by atoms with E-state index in [1.807, 2.05) is 0 Å². The average molecular weight is 366 g/mol. The molecule has 2 aromatic rings. The fraction of sp³-hybridized carbons (Fsp3) is 0.143. The zero-order valence-corrected chi connectivity index (χ0v) is 12.3. The summed E-state index contributed by atoms with van der Waals surface area (Å²) in [4.78, 5) is 0. The van der Waals surface area contributed by atoms with Crippen molar-refractivity contribution in [1.29, 1.82) is 0 Å². The fourth-order valence-corrected chi connectivity index (χ4v) is 2.24. The van der Waals surface area contributed by atoms with Gasteiger partial charge in [0.25, 0.3) is 0 Å². The number of alkyl halides is 3. The van der Waals surface area contributed by atoms with Crippen molar-refractivity contribution in [3.05, 3.63) is 68.7 Å². The van der Waals surface area contributed by atoms with Crippen molar-refractivity contribution < 1.29 is 18.3 Å². The summed E-state index contributed by atoms with van der Waals surface area (Å²) in [6.07, 6.45) is -5.39. The maximum atomic E-state index is 12.5. The van der Waals surface area contributed by atoms with Crippen LogP contribution in [-0.2, 0) is 6.18 Å². The number of rotatable bonds is 2. The summed E-state index contributed by atoms with van der Waals surface area (Å²) in [5.41, 5.74) is 0.180. The molecule has 0 fully saturated rings. The van der Waals surface area contributed by atoms with Crippen molar-refractivity contribution in [3.63, 3.8) is 0 Å². The van der Waals surface area contributed by atoms with Gasteiger partial charge in [0, 0.05) is 4.47 Å². The van der Waals surface area contributed by atoms with Crippen molar-refractivity contribution in [2.75, 3.05) is 0 Å². The van der Waals surface area contributed by atoms with Crippen LogP contribution in [0.1, 0.15) is 22.8 Å². The molecule has 0 aromatic heterocycles. The topological polar surface area (TPSA) is 20.2 Å². The molecule has 2 aromatic carbocycles. The van der Waals surface area contributed by atoms with E-state index in [9.17, 15) is 18.3 Å². The fourth-order valence-electron chi connectivity index (χ4n) is 1.73. The molecule has 0 heterocycles. The van der Waals surface area contributed by atoms with Crippen LogP contribution >= 0.6 is 27.5 Å². The highest BCUT2D eigenvalue weighted by Gasteiger charge is 2.30. The van der Waals surface area contributed by atoms with Crippen LogP contribution in [0, 0.1) is 0 Å². The molecule has 0 aliphatic heterocycles. The standard InChI is InChI=1S/C14H9BrClF3O/c15-11-7-9(3-6-12(11)16)13(20)8-1-4-10(5-2-8)14(17,18)19/h1-7,13,20H. The van der Waals surface area contributed by atoms with Crippen LogP contribution in [0.15, 0.2) is 46.9 Å². The van der Waals surface area contributed by atoms with Crippen LogP contribution in [0.5, 0.6) is 0 Å². The third-order valence-corrected chi connectivity index (χ3v) is 4.03. The molecule has 0 aliphatic rings. The van der Waals surface area contributed by atoms with E-state index in [4.69, 9.17) is 11.6 Å². The van der Waals surface area contributed by atoms with Gasteiger partial charge in [-0.2, -0.15) is 13.2 Å². The smallest absolute Gasteiger partial charge is 0.384 e. The molecule has 0 saturated carbocycles. The van der Waals surface area contributed by atoms with E-state index < -0.39 is 17.8 Å². The largest absolute Gasteiger partial charge is 0.416 e. The van der Waals surface area contributed by atoms with Crippen molar-refractivity contribution >= 4 is 27.5 Å². The lowest BCUT2D eigenvalue weighted by atomic mass is 10.0. The van der Waals surface area contributed by atoms with Gasteiger partial charge >= 0.3 is 6.18 Å². The molecule has 0 spiro atoms. The Morgan fingerprint density at radius 2 is 1.55 bits per heavy atom. The van der Waals surface area contributed by atoms with E-state index >= 15 is 0 Å². The minimum Gasteiger partial charge on any atom is -0.384 e. The Hall–Kier alpha value is -1.04. The summed E-state index contributed by atoms with van der Waals surface area (Å²) < 4.78 is 38.0. The van der Waals surface area contributed by atoms with E-state index in [2.05, 4.69) is 15.9 Å². The Bertz CT molecular complexity index is 611. The molecule has 2 rings (SSSR count). The van der Waals surface area contributed by atoms with Gasteiger partial charge < -0.3 is 5.11 Å². The second kappa shape index (κ2) is 5.76. The van der Waals surface area contributed by atoms with E-state index in [1.54, 1.807) is 18.2 Å². The molecule has 1 unspecified atom stereocenters. The first kappa shape index (κ1) is 15.4. The molecular weight excluding hydrogens is 357 g/mol. The summed E-state index contributed by atoms with van der Waals surface area (Å²) in [7, 11) is 0. The summed E-state index contributed by atoms with van der Waals surface area (Å²) in [6, 6.07) is 9.27. The zero-order valence-electron chi connectivity index (χ0n) is 9.96. The SMILES string of the molecule is OC(c1ccc(C(F)(F)F)cc1)c1ccc(Cl)c(Br)c1. The Morgan fingerprint density at radius 3 is 2.05 bits per heavy atom. The summed E-state index contributed by atoms with van der Waals surface area (Å²) in [6.45, 7) is 0. The molecule has 1 N–H and O–H groups in total. The van der Waals surface area contributed by atoms with E-state index in [0.717, 1.165) is 12.1 Å². The lowest BCUT2D eigenvalue weighted by molar-refractivity contribution is -0.137. The van der Waals surface area contributed by atoms with Gasteiger partial charge in [0.2, 0.25) is 0 Å². The summed E-state index contributed by atoms with van der Waals surface area (Å²) in [5, 5.41) is 10.6. The number of halogens is 5. The number of aliphatic hydroxyl groups excluding tert-OH is 1.